The Morgan fingerprint density at radius 3 is 2.38 bits per heavy atom. The van der Waals surface area contributed by atoms with Crippen LogP contribution >= 0.6 is 11.6 Å². The SMILES string of the molecule is Cc1cc(C)cc(N(C(=O)c2c(F)cccc2Cl)[C@H]2C=CS(=O)(=O)C2)c1. The van der Waals surface area contributed by atoms with E-state index in [1.54, 1.807) is 12.1 Å². The Morgan fingerprint density at radius 2 is 1.85 bits per heavy atom. The minimum Gasteiger partial charge on any atom is -0.300 e. The molecule has 3 rings (SSSR count). The van der Waals surface area contributed by atoms with Gasteiger partial charge in [0, 0.05) is 11.1 Å². The molecule has 0 aliphatic carbocycles. The largest absolute Gasteiger partial charge is 0.300 e. The Balaban J connectivity index is 2.15. The van der Waals surface area contributed by atoms with Gasteiger partial charge in [-0.1, -0.05) is 23.7 Å². The molecule has 0 unspecified atom stereocenters. The van der Waals surface area contributed by atoms with E-state index in [-0.39, 0.29) is 16.3 Å². The summed E-state index contributed by atoms with van der Waals surface area (Å²) in [6, 6.07) is 8.72. The number of amides is 1. The normalized spacial score (nSPS) is 18.1. The zero-order valence-electron chi connectivity index (χ0n) is 14.2. The van der Waals surface area contributed by atoms with Crippen LogP contribution in [0.1, 0.15) is 21.5 Å². The molecule has 0 fully saturated rings. The molecule has 0 spiro atoms. The van der Waals surface area contributed by atoms with Crippen molar-refractivity contribution in [3.8, 4) is 0 Å². The van der Waals surface area contributed by atoms with E-state index in [1.165, 1.54) is 23.1 Å². The Morgan fingerprint density at radius 1 is 1.19 bits per heavy atom. The van der Waals surface area contributed by atoms with Gasteiger partial charge in [0.05, 0.1) is 22.4 Å². The van der Waals surface area contributed by atoms with E-state index < -0.39 is 27.6 Å². The fraction of sp³-hybridized carbons (Fsp3) is 0.211. The number of aryl methyl sites for hydroxylation is 2. The van der Waals surface area contributed by atoms with Gasteiger partial charge in [0.1, 0.15) is 5.82 Å². The number of nitrogens with zero attached hydrogens (tertiary/aromatic N) is 1. The maximum Gasteiger partial charge on any atom is 0.263 e. The van der Waals surface area contributed by atoms with Crippen LogP contribution in [0.2, 0.25) is 5.02 Å². The van der Waals surface area contributed by atoms with Crippen molar-refractivity contribution in [2.75, 3.05) is 10.7 Å². The van der Waals surface area contributed by atoms with Crippen LogP contribution in [0.5, 0.6) is 0 Å². The van der Waals surface area contributed by atoms with Crippen LogP contribution < -0.4 is 4.90 Å². The lowest BCUT2D eigenvalue weighted by Crippen LogP contribution is -2.41. The molecule has 0 saturated heterocycles. The number of anilines is 1. The van der Waals surface area contributed by atoms with Gasteiger partial charge in [-0.2, -0.15) is 0 Å². The number of sulfone groups is 1. The van der Waals surface area contributed by atoms with Crippen molar-refractivity contribution in [2.24, 2.45) is 0 Å². The first-order valence-corrected chi connectivity index (χ1v) is 10.0. The van der Waals surface area contributed by atoms with E-state index in [4.69, 9.17) is 11.6 Å². The molecular weight excluding hydrogens is 377 g/mol. The summed E-state index contributed by atoms with van der Waals surface area (Å²) in [6.07, 6.45) is 1.44. The van der Waals surface area contributed by atoms with E-state index >= 15 is 0 Å². The molecule has 0 bridgehead atoms. The summed E-state index contributed by atoms with van der Waals surface area (Å²) in [5.41, 5.74) is 2.04. The zero-order valence-corrected chi connectivity index (χ0v) is 15.8. The van der Waals surface area contributed by atoms with E-state index in [2.05, 4.69) is 0 Å². The maximum atomic E-state index is 14.3. The first kappa shape index (κ1) is 18.6. The summed E-state index contributed by atoms with van der Waals surface area (Å²) in [7, 11) is -3.41. The molecule has 136 valence electrons. The Kier molecular flexibility index (Phi) is 4.90. The molecule has 1 heterocycles. The van der Waals surface area contributed by atoms with Crippen LogP contribution in [0.3, 0.4) is 0 Å². The molecule has 1 atom stereocenters. The van der Waals surface area contributed by atoms with Gasteiger partial charge in [-0.05, 0) is 55.3 Å². The average molecular weight is 394 g/mol. The van der Waals surface area contributed by atoms with Crippen LogP contribution in [-0.4, -0.2) is 26.1 Å². The van der Waals surface area contributed by atoms with Gasteiger partial charge in [-0.15, -0.1) is 0 Å². The average Bonchev–Trinajstić information content (AvgIpc) is 2.86. The molecule has 1 amide bonds. The molecule has 0 radical (unpaired) electrons. The van der Waals surface area contributed by atoms with Crippen molar-refractivity contribution in [2.45, 2.75) is 19.9 Å². The molecule has 4 nitrogen and oxygen atoms in total. The third-order valence-electron chi connectivity index (χ3n) is 4.12. The van der Waals surface area contributed by atoms with Gasteiger partial charge in [0.2, 0.25) is 0 Å². The third kappa shape index (κ3) is 3.66. The Hall–Kier alpha value is -2.18. The molecule has 1 aliphatic rings. The second-order valence-corrected chi connectivity index (χ2v) is 8.68. The summed E-state index contributed by atoms with van der Waals surface area (Å²) in [6.45, 7) is 3.74. The molecule has 2 aromatic carbocycles. The lowest BCUT2D eigenvalue weighted by atomic mass is 10.1. The third-order valence-corrected chi connectivity index (χ3v) is 5.82. The first-order valence-electron chi connectivity index (χ1n) is 7.95. The van der Waals surface area contributed by atoms with Gasteiger partial charge >= 0.3 is 0 Å². The molecule has 7 heteroatoms. The first-order chi connectivity index (χ1) is 12.2. The van der Waals surface area contributed by atoms with E-state index in [0.717, 1.165) is 22.6 Å². The van der Waals surface area contributed by atoms with Crippen molar-refractivity contribution in [1.82, 2.24) is 0 Å². The Bertz CT molecular complexity index is 977. The molecule has 2 aromatic rings. The number of halogens is 2. The van der Waals surface area contributed by atoms with Crippen LogP contribution in [0.4, 0.5) is 10.1 Å². The second kappa shape index (κ2) is 6.85. The van der Waals surface area contributed by atoms with Gasteiger partial charge < -0.3 is 4.90 Å². The highest BCUT2D eigenvalue weighted by atomic mass is 35.5. The van der Waals surface area contributed by atoms with Gasteiger partial charge in [-0.3, -0.25) is 4.79 Å². The van der Waals surface area contributed by atoms with Crippen LogP contribution in [0.25, 0.3) is 0 Å². The van der Waals surface area contributed by atoms with Crippen LogP contribution in [-0.2, 0) is 9.84 Å². The monoisotopic (exact) mass is 393 g/mol. The summed E-state index contributed by atoms with van der Waals surface area (Å²) < 4.78 is 38.1. The molecule has 1 aliphatic heterocycles. The summed E-state index contributed by atoms with van der Waals surface area (Å²) in [5.74, 6) is -1.68. The minimum absolute atomic E-state index is 0.0193. The molecular formula is C19H17ClFNO3S. The smallest absolute Gasteiger partial charge is 0.263 e. The number of carbonyl (C=O) groups is 1. The van der Waals surface area contributed by atoms with Gasteiger partial charge in [0.25, 0.3) is 5.91 Å². The predicted molar refractivity (Wildman–Crippen MR) is 101 cm³/mol. The van der Waals surface area contributed by atoms with Gasteiger partial charge in [0.15, 0.2) is 9.84 Å². The number of rotatable bonds is 3. The van der Waals surface area contributed by atoms with Crippen molar-refractivity contribution in [3.05, 3.63) is 75.4 Å². The van der Waals surface area contributed by atoms with Gasteiger partial charge in [-0.25, -0.2) is 12.8 Å². The lowest BCUT2D eigenvalue weighted by molar-refractivity contribution is 0.0979. The van der Waals surface area contributed by atoms with E-state index in [0.29, 0.717) is 5.69 Å². The number of carbonyl (C=O) groups excluding carboxylic acids is 1. The van der Waals surface area contributed by atoms with Crippen molar-refractivity contribution in [1.29, 1.82) is 0 Å². The fourth-order valence-electron chi connectivity index (χ4n) is 3.09. The van der Waals surface area contributed by atoms with Crippen LogP contribution in [0, 0.1) is 19.7 Å². The summed E-state index contributed by atoms with van der Waals surface area (Å²) in [4.78, 5) is 14.5. The van der Waals surface area contributed by atoms with Crippen molar-refractivity contribution < 1.29 is 17.6 Å². The molecule has 26 heavy (non-hydrogen) atoms. The molecule has 0 N–H and O–H groups in total. The molecule has 0 aromatic heterocycles. The maximum absolute atomic E-state index is 14.3. The number of hydrogen-bond donors (Lipinski definition) is 0. The highest BCUT2D eigenvalue weighted by molar-refractivity contribution is 7.94. The van der Waals surface area contributed by atoms with E-state index in [1.807, 2.05) is 19.9 Å². The van der Waals surface area contributed by atoms with Crippen molar-refractivity contribution in [3.63, 3.8) is 0 Å². The van der Waals surface area contributed by atoms with Crippen LogP contribution in [0.15, 0.2) is 47.9 Å². The summed E-state index contributed by atoms with van der Waals surface area (Å²) >= 11 is 6.06. The highest BCUT2D eigenvalue weighted by Gasteiger charge is 2.34. The Labute approximate surface area is 156 Å². The molecule has 0 saturated carbocycles. The fourth-order valence-corrected chi connectivity index (χ4v) is 4.60. The predicted octanol–water partition coefficient (Wildman–Crippen LogP) is 4.05. The minimum atomic E-state index is -3.41. The lowest BCUT2D eigenvalue weighted by Gasteiger charge is -2.29. The van der Waals surface area contributed by atoms with Crippen molar-refractivity contribution >= 4 is 33.0 Å². The number of benzene rings is 2. The number of hydrogen-bond acceptors (Lipinski definition) is 3. The standard InChI is InChI=1S/C19H17ClFNO3S/c1-12-8-13(2)10-15(9-12)22(14-6-7-26(24,25)11-14)19(23)18-16(20)4-3-5-17(18)21/h3-10,14H,11H2,1-2H3/t14-/m0/s1. The topological polar surface area (TPSA) is 54.5 Å². The quantitative estimate of drug-likeness (QED) is 0.790. The zero-order chi connectivity index (χ0) is 19.1. The van der Waals surface area contributed by atoms with E-state index in [9.17, 15) is 17.6 Å². The second-order valence-electron chi connectivity index (χ2n) is 6.34. The summed E-state index contributed by atoms with van der Waals surface area (Å²) in [5, 5.41) is 1.07. The highest BCUT2D eigenvalue weighted by Crippen LogP contribution is 2.29.